The van der Waals surface area contributed by atoms with Crippen molar-refractivity contribution >= 4 is 0 Å². The van der Waals surface area contributed by atoms with Crippen LogP contribution in [0.1, 0.15) is 39.5 Å². The largest absolute Gasteiger partial charge is 0.427 e. The summed E-state index contributed by atoms with van der Waals surface area (Å²) in [6, 6.07) is 0. The molecule has 1 heterocycles. The van der Waals surface area contributed by atoms with E-state index in [0.29, 0.717) is 0 Å². The standard InChI is InChI=1S/C9H14N2O/c1-8(2,3)9(4-5-9)7-11-10-6-12-7/h6H,4-5H2,1-3H3. The minimum absolute atomic E-state index is 0.170. The molecule has 3 heteroatoms. The predicted molar refractivity (Wildman–Crippen MR) is 44.7 cm³/mol. The van der Waals surface area contributed by atoms with E-state index in [0.717, 1.165) is 5.89 Å². The highest BCUT2D eigenvalue weighted by molar-refractivity contribution is 5.19. The Morgan fingerprint density at radius 1 is 1.42 bits per heavy atom. The van der Waals surface area contributed by atoms with E-state index in [1.54, 1.807) is 0 Å². The molecule has 1 aliphatic carbocycles. The van der Waals surface area contributed by atoms with Crippen LogP contribution in [0.15, 0.2) is 10.8 Å². The Hall–Kier alpha value is -0.860. The van der Waals surface area contributed by atoms with Gasteiger partial charge < -0.3 is 4.42 Å². The molecule has 1 saturated carbocycles. The molecule has 0 spiro atoms. The van der Waals surface area contributed by atoms with Crippen molar-refractivity contribution < 1.29 is 4.42 Å². The molecule has 0 saturated heterocycles. The van der Waals surface area contributed by atoms with Crippen molar-refractivity contribution in [1.82, 2.24) is 10.2 Å². The SMILES string of the molecule is CC(C)(C)C1(c2nnco2)CC1. The molecule has 12 heavy (non-hydrogen) atoms. The Morgan fingerprint density at radius 2 is 2.08 bits per heavy atom. The lowest BCUT2D eigenvalue weighted by atomic mass is 9.77. The van der Waals surface area contributed by atoms with E-state index in [1.807, 2.05) is 0 Å². The third-order valence-corrected chi connectivity index (χ3v) is 2.96. The minimum atomic E-state index is 0.170. The fourth-order valence-electron chi connectivity index (χ4n) is 1.79. The van der Waals surface area contributed by atoms with Gasteiger partial charge in [-0.05, 0) is 18.3 Å². The first-order valence-corrected chi connectivity index (χ1v) is 4.33. The summed E-state index contributed by atoms with van der Waals surface area (Å²) < 4.78 is 5.27. The van der Waals surface area contributed by atoms with E-state index in [4.69, 9.17) is 4.42 Å². The fourth-order valence-corrected chi connectivity index (χ4v) is 1.79. The van der Waals surface area contributed by atoms with Gasteiger partial charge in [-0.2, -0.15) is 0 Å². The zero-order valence-corrected chi connectivity index (χ0v) is 7.79. The second-order valence-electron chi connectivity index (χ2n) is 4.58. The van der Waals surface area contributed by atoms with Crippen LogP contribution in [0.25, 0.3) is 0 Å². The van der Waals surface area contributed by atoms with E-state index in [2.05, 4.69) is 31.0 Å². The molecule has 0 aliphatic heterocycles. The van der Waals surface area contributed by atoms with Gasteiger partial charge in [-0.25, -0.2) is 0 Å². The molecule has 0 amide bonds. The first-order valence-electron chi connectivity index (χ1n) is 4.33. The van der Waals surface area contributed by atoms with Crippen molar-refractivity contribution in [3.63, 3.8) is 0 Å². The van der Waals surface area contributed by atoms with E-state index in [9.17, 15) is 0 Å². The molecule has 1 fully saturated rings. The number of aromatic nitrogens is 2. The van der Waals surface area contributed by atoms with Gasteiger partial charge in [-0.1, -0.05) is 20.8 Å². The maximum atomic E-state index is 5.27. The van der Waals surface area contributed by atoms with Gasteiger partial charge in [0.2, 0.25) is 12.3 Å². The first-order chi connectivity index (χ1) is 5.56. The average molecular weight is 166 g/mol. The molecule has 0 N–H and O–H groups in total. The number of nitrogens with zero attached hydrogens (tertiary/aromatic N) is 2. The highest BCUT2D eigenvalue weighted by Gasteiger charge is 2.56. The maximum absolute atomic E-state index is 5.27. The summed E-state index contributed by atoms with van der Waals surface area (Å²) in [6.07, 6.45) is 3.78. The molecule has 0 aromatic carbocycles. The lowest BCUT2D eigenvalue weighted by molar-refractivity contribution is 0.249. The van der Waals surface area contributed by atoms with Gasteiger partial charge in [-0.15, -0.1) is 10.2 Å². The van der Waals surface area contributed by atoms with E-state index >= 15 is 0 Å². The van der Waals surface area contributed by atoms with Crippen molar-refractivity contribution in [2.45, 2.75) is 39.0 Å². The zero-order valence-electron chi connectivity index (χ0n) is 7.79. The topological polar surface area (TPSA) is 38.9 Å². The maximum Gasteiger partial charge on any atom is 0.222 e. The highest BCUT2D eigenvalue weighted by atomic mass is 16.4. The van der Waals surface area contributed by atoms with Crippen molar-refractivity contribution in [3.8, 4) is 0 Å². The molecule has 3 nitrogen and oxygen atoms in total. The lowest BCUT2D eigenvalue weighted by Gasteiger charge is -2.27. The van der Waals surface area contributed by atoms with Gasteiger partial charge in [-0.3, -0.25) is 0 Å². The predicted octanol–water partition coefficient (Wildman–Crippen LogP) is 2.15. The van der Waals surface area contributed by atoms with Crippen LogP contribution in [0, 0.1) is 5.41 Å². The van der Waals surface area contributed by atoms with Crippen LogP contribution in [0.5, 0.6) is 0 Å². The van der Waals surface area contributed by atoms with Crippen LogP contribution in [0.4, 0.5) is 0 Å². The van der Waals surface area contributed by atoms with Gasteiger partial charge in [0, 0.05) is 0 Å². The molecule has 0 bridgehead atoms. The Morgan fingerprint density at radius 3 is 2.42 bits per heavy atom. The molecule has 1 aromatic rings. The van der Waals surface area contributed by atoms with E-state index in [1.165, 1.54) is 19.2 Å². The van der Waals surface area contributed by atoms with Crippen molar-refractivity contribution in [1.29, 1.82) is 0 Å². The van der Waals surface area contributed by atoms with Crippen LogP contribution in [0.3, 0.4) is 0 Å². The van der Waals surface area contributed by atoms with Crippen LogP contribution < -0.4 is 0 Å². The van der Waals surface area contributed by atoms with Gasteiger partial charge >= 0.3 is 0 Å². The molecular formula is C9H14N2O. The summed E-state index contributed by atoms with van der Waals surface area (Å²) in [6.45, 7) is 6.68. The number of hydrogen-bond acceptors (Lipinski definition) is 3. The Labute approximate surface area is 72.2 Å². The summed E-state index contributed by atoms with van der Waals surface area (Å²) in [4.78, 5) is 0. The third-order valence-electron chi connectivity index (χ3n) is 2.96. The Kier molecular flexibility index (Phi) is 1.35. The monoisotopic (exact) mass is 166 g/mol. The van der Waals surface area contributed by atoms with Gasteiger partial charge in [0.15, 0.2) is 0 Å². The van der Waals surface area contributed by atoms with Crippen LogP contribution in [-0.4, -0.2) is 10.2 Å². The molecule has 1 aliphatic rings. The summed E-state index contributed by atoms with van der Waals surface area (Å²) >= 11 is 0. The summed E-state index contributed by atoms with van der Waals surface area (Å²) in [5, 5.41) is 7.73. The summed E-state index contributed by atoms with van der Waals surface area (Å²) in [5.74, 6) is 0.815. The number of hydrogen-bond donors (Lipinski definition) is 0. The summed E-state index contributed by atoms with van der Waals surface area (Å²) in [5.41, 5.74) is 0.406. The van der Waals surface area contributed by atoms with Crippen molar-refractivity contribution in [3.05, 3.63) is 12.3 Å². The quantitative estimate of drug-likeness (QED) is 0.641. The van der Waals surface area contributed by atoms with Crippen LogP contribution in [0.2, 0.25) is 0 Å². The molecule has 0 atom stereocenters. The van der Waals surface area contributed by atoms with E-state index in [-0.39, 0.29) is 10.8 Å². The second-order valence-corrected chi connectivity index (χ2v) is 4.58. The number of rotatable bonds is 1. The molecule has 66 valence electrons. The fraction of sp³-hybridized carbons (Fsp3) is 0.778. The lowest BCUT2D eigenvalue weighted by Crippen LogP contribution is -2.26. The Balaban J connectivity index is 2.35. The Bertz CT molecular complexity index is 267. The molecule has 2 rings (SSSR count). The molecule has 1 aromatic heterocycles. The van der Waals surface area contributed by atoms with Gasteiger partial charge in [0.25, 0.3) is 0 Å². The van der Waals surface area contributed by atoms with Crippen molar-refractivity contribution in [2.24, 2.45) is 5.41 Å². The average Bonchev–Trinajstić information content (AvgIpc) is 2.61. The highest BCUT2D eigenvalue weighted by Crippen LogP contribution is 2.58. The summed E-state index contributed by atoms with van der Waals surface area (Å²) in [7, 11) is 0. The molecule has 0 unspecified atom stereocenters. The van der Waals surface area contributed by atoms with Crippen LogP contribution in [-0.2, 0) is 5.41 Å². The van der Waals surface area contributed by atoms with Gasteiger partial charge in [0.1, 0.15) is 0 Å². The minimum Gasteiger partial charge on any atom is -0.427 e. The van der Waals surface area contributed by atoms with Crippen molar-refractivity contribution in [2.75, 3.05) is 0 Å². The van der Waals surface area contributed by atoms with Crippen LogP contribution >= 0.6 is 0 Å². The van der Waals surface area contributed by atoms with Gasteiger partial charge in [0.05, 0.1) is 5.41 Å². The smallest absolute Gasteiger partial charge is 0.222 e. The molecular weight excluding hydrogens is 152 g/mol. The first kappa shape index (κ1) is 7.77. The van der Waals surface area contributed by atoms with E-state index < -0.39 is 0 Å². The zero-order chi connectivity index (χ0) is 8.82. The second kappa shape index (κ2) is 2.09. The normalized spacial score (nSPS) is 20.9. The third kappa shape index (κ3) is 0.886. The molecule has 0 radical (unpaired) electrons.